The van der Waals surface area contributed by atoms with Crippen molar-refractivity contribution in [2.24, 2.45) is 5.16 Å². The maximum absolute atomic E-state index is 8.65. The molecule has 5 nitrogen and oxygen atoms in total. The van der Waals surface area contributed by atoms with Crippen molar-refractivity contribution in [3.8, 4) is 16.8 Å². The molecule has 2 aromatic heterocycles. The van der Waals surface area contributed by atoms with Gasteiger partial charge in [-0.1, -0.05) is 29.4 Å². The first-order valence-electron chi connectivity index (χ1n) is 7.50. The number of aromatic nitrogens is 3. The highest BCUT2D eigenvalue weighted by Gasteiger charge is 2.06. The summed E-state index contributed by atoms with van der Waals surface area (Å²) >= 11 is 0. The van der Waals surface area contributed by atoms with Crippen LogP contribution in [0.15, 0.2) is 78.5 Å². The van der Waals surface area contributed by atoms with E-state index in [-0.39, 0.29) is 0 Å². The van der Waals surface area contributed by atoms with Gasteiger partial charge in [-0.2, -0.15) is 0 Å². The number of benzene rings is 2. The lowest BCUT2D eigenvalue weighted by atomic mass is 10.1. The molecule has 0 saturated carbocycles. The van der Waals surface area contributed by atoms with E-state index < -0.39 is 0 Å². The summed E-state index contributed by atoms with van der Waals surface area (Å²) in [5.74, 6) is 0. The Hall–Kier alpha value is -3.47. The van der Waals surface area contributed by atoms with Gasteiger partial charge in [0.2, 0.25) is 0 Å². The van der Waals surface area contributed by atoms with Crippen LogP contribution in [-0.2, 0) is 0 Å². The minimum Gasteiger partial charge on any atom is -0.411 e. The van der Waals surface area contributed by atoms with Crippen molar-refractivity contribution in [2.75, 3.05) is 0 Å². The summed E-state index contributed by atoms with van der Waals surface area (Å²) < 4.78 is 2.04. The van der Waals surface area contributed by atoms with Gasteiger partial charge in [0.1, 0.15) is 6.33 Å². The van der Waals surface area contributed by atoms with Crippen molar-refractivity contribution in [3.63, 3.8) is 0 Å². The first-order chi connectivity index (χ1) is 11.8. The first kappa shape index (κ1) is 14.1. The number of imidazole rings is 1. The number of fused-ring (bicyclic) bond motifs is 1. The Labute approximate surface area is 138 Å². The fourth-order valence-corrected chi connectivity index (χ4v) is 2.75. The molecule has 0 aliphatic heterocycles. The first-order valence-corrected chi connectivity index (χ1v) is 7.50. The summed E-state index contributed by atoms with van der Waals surface area (Å²) in [6.07, 6.45) is 6.81. The summed E-state index contributed by atoms with van der Waals surface area (Å²) in [7, 11) is 0. The number of oxime groups is 1. The highest BCUT2D eigenvalue weighted by Crippen LogP contribution is 2.24. The SMILES string of the molecule is ON=Cc1ccc2c(c1)ncn2-c1cccc(-c2cccnc2)c1. The lowest BCUT2D eigenvalue weighted by Crippen LogP contribution is -1.93. The van der Waals surface area contributed by atoms with E-state index in [0.29, 0.717) is 0 Å². The Balaban J connectivity index is 1.80. The Morgan fingerprint density at radius 1 is 1.00 bits per heavy atom. The molecule has 1 N–H and O–H groups in total. The quantitative estimate of drug-likeness (QED) is 0.354. The highest BCUT2D eigenvalue weighted by molar-refractivity contribution is 5.87. The Morgan fingerprint density at radius 2 is 1.92 bits per heavy atom. The van der Waals surface area contributed by atoms with Crippen LogP contribution in [0.4, 0.5) is 0 Å². The van der Waals surface area contributed by atoms with Crippen LogP contribution in [0.1, 0.15) is 5.56 Å². The maximum Gasteiger partial charge on any atom is 0.100 e. The summed E-state index contributed by atoms with van der Waals surface area (Å²) in [5.41, 5.74) is 5.85. The fourth-order valence-electron chi connectivity index (χ4n) is 2.75. The van der Waals surface area contributed by atoms with Crippen LogP contribution in [0.3, 0.4) is 0 Å². The largest absolute Gasteiger partial charge is 0.411 e. The van der Waals surface area contributed by atoms with Gasteiger partial charge in [0.15, 0.2) is 0 Å². The van der Waals surface area contributed by atoms with Gasteiger partial charge < -0.3 is 5.21 Å². The molecule has 0 fully saturated rings. The molecule has 0 atom stereocenters. The second-order valence-electron chi connectivity index (χ2n) is 5.40. The molecule has 0 spiro atoms. The van der Waals surface area contributed by atoms with Gasteiger partial charge in [-0.3, -0.25) is 9.55 Å². The van der Waals surface area contributed by atoms with Crippen LogP contribution in [0.25, 0.3) is 27.8 Å². The van der Waals surface area contributed by atoms with Crippen molar-refractivity contribution in [3.05, 3.63) is 78.9 Å². The minimum atomic E-state index is 0.805. The molecule has 4 rings (SSSR count). The topological polar surface area (TPSA) is 63.3 Å². The number of hydrogen-bond acceptors (Lipinski definition) is 4. The van der Waals surface area contributed by atoms with E-state index in [2.05, 4.69) is 27.3 Å². The third-order valence-electron chi connectivity index (χ3n) is 3.90. The van der Waals surface area contributed by atoms with Gasteiger partial charge >= 0.3 is 0 Å². The molecule has 0 radical (unpaired) electrons. The highest BCUT2D eigenvalue weighted by atomic mass is 16.4. The molecule has 2 aromatic carbocycles. The molecule has 5 heteroatoms. The molecule has 0 unspecified atom stereocenters. The third-order valence-corrected chi connectivity index (χ3v) is 3.90. The molecular formula is C19H14N4O. The molecule has 0 bridgehead atoms. The average Bonchev–Trinajstić information content (AvgIpc) is 3.06. The summed E-state index contributed by atoms with van der Waals surface area (Å²) in [6.45, 7) is 0. The fraction of sp³-hybridized carbons (Fsp3) is 0. The monoisotopic (exact) mass is 314 g/mol. The van der Waals surface area contributed by atoms with Crippen LogP contribution >= 0.6 is 0 Å². The Bertz CT molecular complexity index is 1020. The van der Waals surface area contributed by atoms with Crippen LogP contribution < -0.4 is 0 Å². The number of nitrogens with zero attached hydrogens (tertiary/aromatic N) is 4. The second kappa shape index (κ2) is 5.96. The lowest BCUT2D eigenvalue weighted by Gasteiger charge is -2.07. The van der Waals surface area contributed by atoms with Gasteiger partial charge in [-0.15, -0.1) is 0 Å². The third kappa shape index (κ3) is 2.52. The van der Waals surface area contributed by atoms with Crippen molar-refractivity contribution in [1.82, 2.24) is 14.5 Å². The van der Waals surface area contributed by atoms with Gasteiger partial charge in [-0.05, 0) is 41.5 Å². The minimum absolute atomic E-state index is 0.805. The van der Waals surface area contributed by atoms with Gasteiger partial charge in [0.25, 0.3) is 0 Å². The van der Waals surface area contributed by atoms with E-state index in [1.165, 1.54) is 6.21 Å². The van der Waals surface area contributed by atoms with Crippen LogP contribution in [0, 0.1) is 0 Å². The normalized spacial score (nSPS) is 11.3. The van der Waals surface area contributed by atoms with Crippen LogP contribution in [0.5, 0.6) is 0 Å². The maximum atomic E-state index is 8.65. The standard InChI is InChI=1S/C19H14N4O/c24-22-11-14-6-7-19-18(9-14)21-13-23(19)17-5-1-3-15(10-17)16-4-2-8-20-12-16/h1-13,24H. The molecule has 0 saturated heterocycles. The zero-order chi connectivity index (χ0) is 16.4. The predicted octanol–water partition coefficient (Wildman–Crippen LogP) is 3.90. The van der Waals surface area contributed by atoms with Crippen LogP contribution in [-0.4, -0.2) is 26.0 Å². The molecule has 4 aromatic rings. The van der Waals surface area contributed by atoms with Gasteiger partial charge in [0, 0.05) is 23.6 Å². The summed E-state index contributed by atoms with van der Waals surface area (Å²) in [5, 5.41) is 11.7. The zero-order valence-electron chi connectivity index (χ0n) is 12.7. The number of pyridine rings is 1. The summed E-state index contributed by atoms with van der Waals surface area (Å²) in [6, 6.07) is 18.0. The number of rotatable bonds is 3. The average molecular weight is 314 g/mol. The molecule has 2 heterocycles. The predicted molar refractivity (Wildman–Crippen MR) is 93.7 cm³/mol. The van der Waals surface area contributed by atoms with Gasteiger partial charge in [0.05, 0.1) is 17.2 Å². The molecule has 116 valence electrons. The smallest absolute Gasteiger partial charge is 0.100 e. The van der Waals surface area contributed by atoms with Crippen molar-refractivity contribution >= 4 is 17.2 Å². The van der Waals surface area contributed by atoms with Gasteiger partial charge in [-0.25, -0.2) is 4.98 Å². The van der Waals surface area contributed by atoms with E-state index in [1.54, 1.807) is 12.5 Å². The molecular weight excluding hydrogens is 300 g/mol. The molecule has 24 heavy (non-hydrogen) atoms. The number of hydrogen-bond donors (Lipinski definition) is 1. The lowest BCUT2D eigenvalue weighted by molar-refractivity contribution is 0.322. The Kier molecular flexibility index (Phi) is 3.51. The van der Waals surface area contributed by atoms with E-state index in [0.717, 1.165) is 33.4 Å². The molecule has 0 aliphatic carbocycles. The van der Waals surface area contributed by atoms with E-state index in [1.807, 2.05) is 53.2 Å². The van der Waals surface area contributed by atoms with Crippen molar-refractivity contribution in [1.29, 1.82) is 0 Å². The van der Waals surface area contributed by atoms with E-state index in [9.17, 15) is 0 Å². The van der Waals surface area contributed by atoms with E-state index >= 15 is 0 Å². The van der Waals surface area contributed by atoms with Crippen molar-refractivity contribution in [2.45, 2.75) is 0 Å². The molecule has 0 aliphatic rings. The van der Waals surface area contributed by atoms with Crippen molar-refractivity contribution < 1.29 is 5.21 Å². The zero-order valence-corrected chi connectivity index (χ0v) is 12.7. The van der Waals surface area contributed by atoms with E-state index in [4.69, 9.17) is 5.21 Å². The molecule has 0 amide bonds. The Morgan fingerprint density at radius 3 is 2.75 bits per heavy atom. The van der Waals surface area contributed by atoms with Crippen LogP contribution in [0.2, 0.25) is 0 Å². The summed E-state index contributed by atoms with van der Waals surface area (Å²) in [4.78, 5) is 8.63. The second-order valence-corrected chi connectivity index (χ2v) is 5.40.